The number of hydrogen-bond acceptors (Lipinski definition) is 1. The smallest absolute Gasteiger partial charge is 0.0431 e. The van der Waals surface area contributed by atoms with E-state index >= 15 is 0 Å². The molecule has 1 aliphatic rings. The van der Waals surface area contributed by atoms with Gasteiger partial charge in [-0.3, -0.25) is 4.98 Å². The predicted molar refractivity (Wildman–Crippen MR) is 62.5 cm³/mol. The summed E-state index contributed by atoms with van der Waals surface area (Å²) in [4.78, 5) is 4.22. The lowest BCUT2D eigenvalue weighted by atomic mass is 10.0. The van der Waals surface area contributed by atoms with Crippen LogP contribution in [0.2, 0.25) is 0 Å². The first-order chi connectivity index (χ1) is 7.09. The molecule has 0 atom stereocenters. The highest BCUT2D eigenvalue weighted by atomic mass is 14.6. The van der Waals surface area contributed by atoms with E-state index in [1.54, 1.807) is 0 Å². The molecule has 15 heavy (non-hydrogen) atoms. The van der Waals surface area contributed by atoms with E-state index in [1.165, 1.54) is 18.4 Å². The lowest BCUT2D eigenvalue weighted by Crippen LogP contribution is -1.91. The zero-order chi connectivity index (χ0) is 10.9. The third-order valence-electron chi connectivity index (χ3n) is 2.93. The monoisotopic (exact) mass is 199 g/mol. The van der Waals surface area contributed by atoms with Gasteiger partial charge in [-0.1, -0.05) is 25.7 Å². The van der Waals surface area contributed by atoms with Gasteiger partial charge in [-0.05, 0) is 37.3 Å². The topological polar surface area (TPSA) is 12.9 Å². The zero-order valence-corrected chi connectivity index (χ0v) is 9.67. The minimum Gasteiger partial charge on any atom is -0.263 e. The molecular weight excluding hydrogens is 182 g/mol. The second kappa shape index (κ2) is 3.70. The van der Waals surface area contributed by atoms with Crippen LogP contribution in [0.15, 0.2) is 18.5 Å². The standard InChI is InChI=1S/C14H17N/c1-11(2)13-8-12(9-15-10-13)4-5-14(3)6-7-14/h8-11H,6-7H2,1-3H3. The van der Waals surface area contributed by atoms with Gasteiger partial charge in [0.15, 0.2) is 0 Å². The average Bonchev–Trinajstić information content (AvgIpc) is 2.95. The summed E-state index contributed by atoms with van der Waals surface area (Å²) in [6.07, 6.45) is 6.27. The molecule has 0 amide bonds. The highest BCUT2D eigenvalue weighted by molar-refractivity contribution is 5.37. The van der Waals surface area contributed by atoms with E-state index in [4.69, 9.17) is 0 Å². The molecule has 0 aromatic carbocycles. The maximum absolute atomic E-state index is 4.22. The van der Waals surface area contributed by atoms with Gasteiger partial charge >= 0.3 is 0 Å². The van der Waals surface area contributed by atoms with Crippen LogP contribution in [0.3, 0.4) is 0 Å². The molecule has 0 unspecified atom stereocenters. The molecule has 78 valence electrons. The zero-order valence-electron chi connectivity index (χ0n) is 9.67. The molecule has 0 bridgehead atoms. The van der Waals surface area contributed by atoms with Gasteiger partial charge in [0, 0.05) is 23.4 Å². The fraction of sp³-hybridized carbons (Fsp3) is 0.500. The van der Waals surface area contributed by atoms with E-state index < -0.39 is 0 Å². The number of rotatable bonds is 1. The van der Waals surface area contributed by atoms with Crippen LogP contribution in [0.4, 0.5) is 0 Å². The second-order valence-electron chi connectivity index (χ2n) is 4.97. The van der Waals surface area contributed by atoms with Crippen molar-refractivity contribution < 1.29 is 0 Å². The second-order valence-corrected chi connectivity index (χ2v) is 4.97. The van der Waals surface area contributed by atoms with Crippen LogP contribution < -0.4 is 0 Å². The molecule has 1 aromatic heterocycles. The van der Waals surface area contributed by atoms with Crippen LogP contribution in [0.1, 0.15) is 50.7 Å². The van der Waals surface area contributed by atoms with E-state index in [1.807, 2.05) is 12.4 Å². The first kappa shape index (κ1) is 10.2. The van der Waals surface area contributed by atoms with Crippen molar-refractivity contribution in [1.29, 1.82) is 0 Å². The molecule has 1 aliphatic carbocycles. The van der Waals surface area contributed by atoms with Gasteiger partial charge in [0.1, 0.15) is 0 Å². The van der Waals surface area contributed by atoms with Gasteiger partial charge < -0.3 is 0 Å². The Labute approximate surface area is 91.9 Å². The van der Waals surface area contributed by atoms with Crippen LogP contribution in [0.25, 0.3) is 0 Å². The number of hydrogen-bond donors (Lipinski definition) is 0. The summed E-state index contributed by atoms with van der Waals surface area (Å²) in [7, 11) is 0. The molecule has 1 aromatic rings. The Balaban J connectivity index is 2.20. The molecular formula is C14H17N. The summed E-state index contributed by atoms with van der Waals surface area (Å²) in [6.45, 7) is 6.58. The normalized spacial score (nSPS) is 17.1. The van der Waals surface area contributed by atoms with E-state index in [2.05, 4.69) is 43.7 Å². The number of nitrogens with zero attached hydrogens (tertiary/aromatic N) is 1. The predicted octanol–water partition coefficient (Wildman–Crippen LogP) is 3.36. The molecule has 0 N–H and O–H groups in total. The van der Waals surface area contributed by atoms with Crippen LogP contribution >= 0.6 is 0 Å². The van der Waals surface area contributed by atoms with Gasteiger partial charge in [0.2, 0.25) is 0 Å². The third kappa shape index (κ3) is 2.59. The van der Waals surface area contributed by atoms with Crippen LogP contribution in [0.5, 0.6) is 0 Å². The summed E-state index contributed by atoms with van der Waals surface area (Å²) in [6, 6.07) is 2.15. The molecule has 1 fully saturated rings. The average molecular weight is 199 g/mol. The van der Waals surface area contributed by atoms with E-state index in [-0.39, 0.29) is 0 Å². The molecule has 0 saturated heterocycles. The molecule has 1 heteroatoms. The fourth-order valence-corrected chi connectivity index (χ4v) is 1.38. The van der Waals surface area contributed by atoms with Gasteiger partial charge in [-0.15, -0.1) is 0 Å². The first-order valence-corrected chi connectivity index (χ1v) is 5.57. The van der Waals surface area contributed by atoms with E-state index in [0.29, 0.717) is 11.3 Å². The molecule has 1 saturated carbocycles. The van der Waals surface area contributed by atoms with Crippen LogP contribution in [-0.4, -0.2) is 4.98 Å². The molecule has 1 heterocycles. The molecule has 0 aliphatic heterocycles. The SMILES string of the molecule is CC(C)c1cncc(C#CC2(C)CC2)c1. The summed E-state index contributed by atoms with van der Waals surface area (Å²) < 4.78 is 0. The van der Waals surface area contributed by atoms with Crippen LogP contribution in [-0.2, 0) is 0 Å². The quantitative estimate of drug-likeness (QED) is 0.632. The minimum absolute atomic E-state index is 0.299. The van der Waals surface area contributed by atoms with Gasteiger partial charge in [-0.25, -0.2) is 0 Å². The maximum Gasteiger partial charge on any atom is 0.0431 e. The summed E-state index contributed by atoms with van der Waals surface area (Å²) in [5.74, 6) is 7.08. The number of aromatic nitrogens is 1. The maximum atomic E-state index is 4.22. The van der Waals surface area contributed by atoms with Crippen molar-refractivity contribution in [2.24, 2.45) is 5.41 Å². The van der Waals surface area contributed by atoms with Crippen molar-refractivity contribution in [3.8, 4) is 11.8 Å². The van der Waals surface area contributed by atoms with Gasteiger partial charge in [0.05, 0.1) is 0 Å². The fourth-order valence-electron chi connectivity index (χ4n) is 1.38. The summed E-state index contributed by atoms with van der Waals surface area (Å²) >= 11 is 0. The summed E-state index contributed by atoms with van der Waals surface area (Å²) in [5.41, 5.74) is 2.62. The van der Waals surface area contributed by atoms with Gasteiger partial charge in [0.25, 0.3) is 0 Å². The first-order valence-electron chi connectivity index (χ1n) is 5.57. The molecule has 1 nitrogen and oxygen atoms in total. The minimum atomic E-state index is 0.299. The number of pyridine rings is 1. The lowest BCUT2D eigenvalue weighted by molar-refractivity contribution is 0.782. The van der Waals surface area contributed by atoms with Crippen LogP contribution in [0, 0.1) is 17.3 Å². The van der Waals surface area contributed by atoms with Crippen molar-refractivity contribution in [2.75, 3.05) is 0 Å². The van der Waals surface area contributed by atoms with E-state index in [9.17, 15) is 0 Å². The summed E-state index contributed by atoms with van der Waals surface area (Å²) in [5, 5.41) is 0. The Kier molecular flexibility index (Phi) is 2.52. The third-order valence-corrected chi connectivity index (χ3v) is 2.93. The van der Waals surface area contributed by atoms with E-state index in [0.717, 1.165) is 5.56 Å². The molecule has 0 spiro atoms. The highest BCUT2D eigenvalue weighted by Crippen LogP contribution is 2.44. The van der Waals surface area contributed by atoms with Crippen molar-refractivity contribution >= 4 is 0 Å². The van der Waals surface area contributed by atoms with Crippen molar-refractivity contribution in [3.63, 3.8) is 0 Å². The van der Waals surface area contributed by atoms with Crippen molar-refractivity contribution in [3.05, 3.63) is 29.6 Å². The Morgan fingerprint density at radius 2 is 2.07 bits per heavy atom. The Hall–Kier alpha value is -1.29. The Morgan fingerprint density at radius 3 is 2.67 bits per heavy atom. The molecule has 2 rings (SSSR count). The Morgan fingerprint density at radius 1 is 1.33 bits per heavy atom. The molecule has 0 radical (unpaired) electrons. The highest BCUT2D eigenvalue weighted by Gasteiger charge is 2.35. The largest absolute Gasteiger partial charge is 0.263 e. The van der Waals surface area contributed by atoms with Gasteiger partial charge in [-0.2, -0.15) is 0 Å². The Bertz CT molecular complexity index is 416. The van der Waals surface area contributed by atoms with Crippen molar-refractivity contribution in [2.45, 2.75) is 39.5 Å². The van der Waals surface area contributed by atoms with Crippen molar-refractivity contribution in [1.82, 2.24) is 4.98 Å². The lowest BCUT2D eigenvalue weighted by Gasteiger charge is -2.03.